The molecular formula is C20H19ClO2Si. The third-order valence-electron chi connectivity index (χ3n) is 4.15. The lowest BCUT2D eigenvalue weighted by atomic mass is 10.3. The van der Waals surface area contributed by atoms with Gasteiger partial charge >= 0.3 is 0 Å². The van der Waals surface area contributed by atoms with Gasteiger partial charge in [-0.1, -0.05) is 54.6 Å². The van der Waals surface area contributed by atoms with E-state index in [1.807, 2.05) is 42.5 Å². The van der Waals surface area contributed by atoms with Crippen molar-refractivity contribution in [1.82, 2.24) is 0 Å². The number of methoxy groups -OCH3 is 2. The monoisotopic (exact) mass is 354 g/mol. The Kier molecular flexibility index (Phi) is 4.93. The van der Waals surface area contributed by atoms with Crippen LogP contribution < -0.4 is 25.0 Å². The highest BCUT2D eigenvalue weighted by atomic mass is 35.6. The van der Waals surface area contributed by atoms with Crippen molar-refractivity contribution in [2.45, 2.75) is 0 Å². The van der Waals surface area contributed by atoms with Crippen molar-refractivity contribution in [3.63, 3.8) is 0 Å². The van der Waals surface area contributed by atoms with Crippen molar-refractivity contribution in [2.24, 2.45) is 0 Å². The number of benzene rings is 3. The van der Waals surface area contributed by atoms with Gasteiger partial charge in [0.05, 0.1) is 14.2 Å². The minimum Gasteiger partial charge on any atom is -0.497 e. The van der Waals surface area contributed by atoms with Gasteiger partial charge in [0, 0.05) is 0 Å². The molecule has 0 aromatic heterocycles. The fourth-order valence-corrected chi connectivity index (χ4v) is 6.85. The SMILES string of the molecule is COc1ccc([Si](Cl)(c2ccccc2)c2ccc(OC)cc2)cc1. The van der Waals surface area contributed by atoms with Crippen molar-refractivity contribution in [1.29, 1.82) is 0 Å². The second-order valence-electron chi connectivity index (χ2n) is 5.48. The maximum Gasteiger partial charge on any atom is 0.247 e. The van der Waals surface area contributed by atoms with E-state index in [0.29, 0.717) is 0 Å². The molecule has 0 saturated heterocycles. The molecule has 0 radical (unpaired) electrons. The average molecular weight is 355 g/mol. The van der Waals surface area contributed by atoms with Gasteiger partial charge in [0.1, 0.15) is 11.5 Å². The van der Waals surface area contributed by atoms with Crippen molar-refractivity contribution in [3.8, 4) is 11.5 Å². The van der Waals surface area contributed by atoms with Gasteiger partial charge in [-0.2, -0.15) is 0 Å². The van der Waals surface area contributed by atoms with Gasteiger partial charge in [-0.15, -0.1) is 11.1 Å². The molecule has 24 heavy (non-hydrogen) atoms. The van der Waals surface area contributed by atoms with Crippen molar-refractivity contribution >= 4 is 34.0 Å². The molecule has 4 heteroatoms. The summed E-state index contributed by atoms with van der Waals surface area (Å²) in [7, 11) is 0.747. The number of halogens is 1. The van der Waals surface area contributed by atoms with E-state index in [-0.39, 0.29) is 0 Å². The molecule has 3 aromatic rings. The maximum atomic E-state index is 7.36. The summed E-state index contributed by atoms with van der Waals surface area (Å²) in [6.45, 7) is 0. The summed E-state index contributed by atoms with van der Waals surface area (Å²) in [5.41, 5.74) is 0. The zero-order valence-electron chi connectivity index (χ0n) is 13.7. The van der Waals surface area contributed by atoms with Crippen LogP contribution in [0.15, 0.2) is 78.9 Å². The van der Waals surface area contributed by atoms with E-state index in [2.05, 4.69) is 36.4 Å². The molecule has 0 bridgehead atoms. The van der Waals surface area contributed by atoms with Crippen LogP contribution in [0.2, 0.25) is 0 Å². The predicted molar refractivity (Wildman–Crippen MR) is 103 cm³/mol. The summed E-state index contributed by atoms with van der Waals surface area (Å²) in [6.07, 6.45) is 0. The van der Waals surface area contributed by atoms with Crippen molar-refractivity contribution in [2.75, 3.05) is 14.2 Å². The molecule has 0 atom stereocenters. The quantitative estimate of drug-likeness (QED) is 0.398. The molecule has 3 aromatic carbocycles. The lowest BCUT2D eigenvalue weighted by Gasteiger charge is -2.26. The third kappa shape index (κ3) is 3.05. The first-order valence-electron chi connectivity index (χ1n) is 7.72. The number of hydrogen-bond acceptors (Lipinski definition) is 2. The highest BCUT2D eigenvalue weighted by molar-refractivity contribution is 7.40. The molecule has 0 N–H and O–H groups in total. The zero-order chi connectivity index (χ0) is 17.0. The molecule has 0 aliphatic carbocycles. The van der Waals surface area contributed by atoms with Crippen LogP contribution in [-0.4, -0.2) is 21.6 Å². The molecule has 0 fully saturated rings. The Morgan fingerprint density at radius 1 is 0.583 bits per heavy atom. The predicted octanol–water partition coefficient (Wildman–Crippen LogP) is 2.91. The zero-order valence-corrected chi connectivity index (χ0v) is 15.5. The highest BCUT2D eigenvalue weighted by Gasteiger charge is 2.37. The molecule has 0 aliphatic rings. The van der Waals surface area contributed by atoms with Crippen molar-refractivity contribution in [3.05, 3.63) is 78.9 Å². The molecule has 0 spiro atoms. The average Bonchev–Trinajstić information content (AvgIpc) is 2.68. The Morgan fingerprint density at radius 3 is 1.33 bits per heavy atom. The van der Waals surface area contributed by atoms with Crippen molar-refractivity contribution < 1.29 is 9.47 Å². The van der Waals surface area contributed by atoms with Gasteiger partial charge in [0.15, 0.2) is 0 Å². The minimum atomic E-state index is -2.59. The standard InChI is InChI=1S/C20H19ClO2Si/c1-22-16-8-12-19(13-9-16)24(21,18-6-4-3-5-7-18)20-14-10-17(23-2)11-15-20/h3-15H,1-2H3. The van der Waals surface area contributed by atoms with E-state index in [4.69, 9.17) is 20.6 Å². The Labute approximate surface area is 148 Å². The summed E-state index contributed by atoms with van der Waals surface area (Å²) in [6, 6.07) is 26.4. The fraction of sp³-hybridized carbons (Fsp3) is 0.100. The molecule has 0 saturated carbocycles. The van der Waals surface area contributed by atoms with Gasteiger partial charge < -0.3 is 9.47 Å². The lowest BCUT2D eigenvalue weighted by molar-refractivity contribution is 0.415. The van der Waals surface area contributed by atoms with E-state index in [0.717, 1.165) is 27.1 Å². The number of ether oxygens (including phenoxy) is 2. The molecular weight excluding hydrogens is 336 g/mol. The summed E-state index contributed by atoms with van der Waals surface area (Å²) < 4.78 is 10.6. The van der Waals surface area contributed by atoms with Crippen LogP contribution in [0.25, 0.3) is 0 Å². The molecule has 2 nitrogen and oxygen atoms in total. The van der Waals surface area contributed by atoms with E-state index in [9.17, 15) is 0 Å². The minimum absolute atomic E-state index is 0.828. The highest BCUT2D eigenvalue weighted by Crippen LogP contribution is 2.16. The van der Waals surface area contributed by atoms with E-state index >= 15 is 0 Å². The topological polar surface area (TPSA) is 18.5 Å². The third-order valence-corrected chi connectivity index (χ3v) is 9.50. The summed E-state index contributed by atoms with van der Waals surface area (Å²) in [4.78, 5) is 0. The Bertz CT molecular complexity index is 739. The van der Waals surface area contributed by atoms with Crippen LogP contribution >= 0.6 is 11.1 Å². The molecule has 0 aliphatic heterocycles. The van der Waals surface area contributed by atoms with Crippen LogP contribution in [0.3, 0.4) is 0 Å². The normalized spacial score (nSPS) is 11.1. The molecule has 122 valence electrons. The smallest absolute Gasteiger partial charge is 0.247 e. The van der Waals surface area contributed by atoms with Gasteiger partial charge in [-0.3, -0.25) is 0 Å². The molecule has 3 rings (SSSR count). The Morgan fingerprint density at radius 2 is 0.958 bits per heavy atom. The largest absolute Gasteiger partial charge is 0.497 e. The van der Waals surface area contributed by atoms with Crippen LogP contribution in [0, 0.1) is 0 Å². The molecule has 0 heterocycles. The van der Waals surface area contributed by atoms with Crippen LogP contribution in [0.1, 0.15) is 0 Å². The maximum absolute atomic E-state index is 7.36. The Hall–Kier alpha value is -2.23. The molecule has 0 unspecified atom stereocenters. The second-order valence-corrected chi connectivity index (χ2v) is 10.2. The van der Waals surface area contributed by atoms with Gasteiger partial charge in [-0.25, -0.2) is 0 Å². The van der Waals surface area contributed by atoms with Crippen LogP contribution in [0.4, 0.5) is 0 Å². The van der Waals surface area contributed by atoms with Gasteiger partial charge in [0.2, 0.25) is 7.38 Å². The number of rotatable bonds is 5. The van der Waals surface area contributed by atoms with Crippen LogP contribution in [-0.2, 0) is 0 Å². The second kappa shape index (κ2) is 7.12. The van der Waals surface area contributed by atoms with E-state index in [1.165, 1.54) is 0 Å². The fourth-order valence-electron chi connectivity index (χ4n) is 2.81. The summed E-state index contributed by atoms with van der Waals surface area (Å²) in [5, 5.41) is 3.41. The first kappa shape index (κ1) is 16.6. The first-order chi connectivity index (χ1) is 11.7. The van der Waals surface area contributed by atoms with E-state index < -0.39 is 7.38 Å². The number of hydrogen-bond donors (Lipinski definition) is 0. The van der Waals surface area contributed by atoms with Gasteiger partial charge in [0.25, 0.3) is 0 Å². The van der Waals surface area contributed by atoms with Gasteiger partial charge in [-0.05, 0) is 39.8 Å². The summed E-state index contributed by atoms with van der Waals surface area (Å²) in [5.74, 6) is 1.66. The molecule has 0 amide bonds. The lowest BCUT2D eigenvalue weighted by Crippen LogP contribution is -2.62. The van der Waals surface area contributed by atoms with E-state index in [1.54, 1.807) is 14.2 Å². The summed E-state index contributed by atoms with van der Waals surface area (Å²) >= 11 is 7.36. The Balaban J connectivity index is 2.16. The first-order valence-corrected chi connectivity index (χ1v) is 10.7. The van der Waals surface area contributed by atoms with Crippen LogP contribution in [0.5, 0.6) is 11.5 Å².